The largest absolute Gasteiger partial charge is 0.212 e. The van der Waals surface area contributed by atoms with Gasteiger partial charge in [0.1, 0.15) is 7.05 Å². The van der Waals surface area contributed by atoms with Crippen molar-refractivity contribution < 1.29 is 5.94 Å². The zero-order chi connectivity index (χ0) is 17.1. The molecule has 0 bridgehead atoms. The Morgan fingerprint density at radius 1 is 0.913 bits per heavy atom. The molecule has 0 saturated heterocycles. The topological polar surface area (TPSA) is 3.88 Å². The molecule has 1 heterocycles. The lowest BCUT2D eigenvalue weighted by Gasteiger charge is -2.22. The highest BCUT2D eigenvalue weighted by atomic mass is 14.9. The van der Waals surface area contributed by atoms with Gasteiger partial charge in [-0.1, -0.05) is 44.2 Å². The average Bonchev–Trinajstić information content (AvgIpc) is 2.76. The van der Waals surface area contributed by atoms with Gasteiger partial charge in [0.2, 0.25) is 5.69 Å². The van der Waals surface area contributed by atoms with E-state index in [-0.39, 0.29) is 5.41 Å². The summed E-state index contributed by atoms with van der Waals surface area (Å²) in [7, 11) is 2.09. The third-order valence-electron chi connectivity index (χ3n) is 5.14. The van der Waals surface area contributed by atoms with Crippen LogP contribution in [0.5, 0.6) is 0 Å². The number of aromatic nitrogens is 1. The van der Waals surface area contributed by atoms with Gasteiger partial charge in [-0.2, -0.15) is 0 Å². The van der Waals surface area contributed by atoms with Gasteiger partial charge in [-0.15, -0.1) is 0 Å². The van der Waals surface area contributed by atoms with E-state index in [0.717, 1.165) is 5.56 Å². The van der Waals surface area contributed by atoms with E-state index >= 15 is 0 Å². The summed E-state index contributed by atoms with van der Waals surface area (Å²) in [4.78, 5) is 0. The number of aryl methyl sites for hydroxylation is 2. The SMILES string of the molecule is [2H]c1cccc2c1C(C)(C)c1cc(C)c(-c3cccc[n+]3C)cc1-2. The third-order valence-corrected chi connectivity index (χ3v) is 5.14. The molecule has 0 atom stereocenters. The summed E-state index contributed by atoms with van der Waals surface area (Å²) in [6.45, 7) is 6.65. The molecule has 0 spiro atoms. The molecule has 1 aromatic heterocycles. The summed E-state index contributed by atoms with van der Waals surface area (Å²) >= 11 is 0. The second-order valence-corrected chi connectivity index (χ2v) is 6.99. The molecule has 1 heteroatoms. The molecule has 0 fully saturated rings. The second-order valence-electron chi connectivity index (χ2n) is 6.99. The molecule has 1 aliphatic rings. The standard InChI is InChI=1S/C22H22N/c1-15-13-20-18(14-17(15)21-11-7-8-12-23(21)4)16-9-5-6-10-19(16)22(20,2)3/h5-14H,1-4H3/q+1/i10D. The van der Waals surface area contributed by atoms with Crippen molar-refractivity contribution in [2.24, 2.45) is 7.05 Å². The number of pyridine rings is 1. The molecule has 0 unspecified atom stereocenters. The Balaban J connectivity index is 2.04. The van der Waals surface area contributed by atoms with E-state index in [9.17, 15) is 0 Å². The van der Waals surface area contributed by atoms with E-state index in [4.69, 9.17) is 1.37 Å². The normalized spacial score (nSPS) is 15.0. The van der Waals surface area contributed by atoms with E-state index in [2.05, 4.69) is 75.0 Å². The van der Waals surface area contributed by atoms with Gasteiger partial charge in [-0.25, -0.2) is 4.57 Å². The van der Waals surface area contributed by atoms with Gasteiger partial charge in [-0.3, -0.25) is 0 Å². The first-order valence-corrected chi connectivity index (χ1v) is 8.12. The highest BCUT2D eigenvalue weighted by molar-refractivity contribution is 5.84. The Kier molecular flexibility index (Phi) is 2.72. The zero-order valence-electron chi connectivity index (χ0n) is 15.1. The number of hydrogen-bond acceptors (Lipinski definition) is 0. The molecule has 2 aromatic carbocycles. The fourth-order valence-electron chi connectivity index (χ4n) is 3.84. The van der Waals surface area contributed by atoms with Crippen molar-refractivity contribution in [2.45, 2.75) is 26.2 Å². The lowest BCUT2D eigenvalue weighted by molar-refractivity contribution is -0.660. The summed E-state index contributed by atoms with van der Waals surface area (Å²) in [5.41, 5.74) is 8.59. The molecule has 0 saturated carbocycles. The summed E-state index contributed by atoms with van der Waals surface area (Å²) in [6, 6.07) is 17.6. The molecule has 4 rings (SSSR count). The number of benzene rings is 2. The van der Waals surface area contributed by atoms with Crippen molar-refractivity contribution >= 4 is 0 Å². The number of hydrogen-bond donors (Lipinski definition) is 0. The number of nitrogens with zero attached hydrogens (tertiary/aromatic N) is 1. The molecular formula is C22H22N+. The second kappa shape index (κ2) is 4.79. The van der Waals surface area contributed by atoms with Crippen molar-refractivity contribution in [3.8, 4) is 22.4 Å². The molecular weight excluding hydrogens is 278 g/mol. The van der Waals surface area contributed by atoms with Crippen molar-refractivity contribution in [3.05, 3.63) is 77.5 Å². The van der Waals surface area contributed by atoms with Gasteiger partial charge in [-0.05, 0) is 46.9 Å². The quantitative estimate of drug-likeness (QED) is 0.569. The zero-order valence-corrected chi connectivity index (χ0v) is 14.1. The van der Waals surface area contributed by atoms with Crippen LogP contribution in [-0.2, 0) is 12.5 Å². The first-order valence-electron chi connectivity index (χ1n) is 8.62. The van der Waals surface area contributed by atoms with Crippen LogP contribution in [0.1, 0.15) is 31.9 Å². The van der Waals surface area contributed by atoms with E-state index < -0.39 is 0 Å². The van der Waals surface area contributed by atoms with Gasteiger partial charge in [0.25, 0.3) is 0 Å². The van der Waals surface area contributed by atoms with E-state index in [1.165, 1.54) is 33.5 Å². The fourth-order valence-corrected chi connectivity index (χ4v) is 3.84. The van der Waals surface area contributed by atoms with Crippen LogP contribution in [0.4, 0.5) is 0 Å². The lowest BCUT2D eigenvalue weighted by atomic mass is 9.81. The minimum atomic E-state index is -0.120. The van der Waals surface area contributed by atoms with E-state index in [1.807, 2.05) is 12.1 Å². The average molecular weight is 301 g/mol. The molecule has 0 N–H and O–H groups in total. The predicted octanol–water partition coefficient (Wildman–Crippen LogP) is 4.79. The molecule has 1 aliphatic carbocycles. The van der Waals surface area contributed by atoms with Crippen molar-refractivity contribution in [1.29, 1.82) is 0 Å². The Morgan fingerprint density at radius 3 is 2.48 bits per heavy atom. The first kappa shape index (κ1) is 13.1. The molecule has 23 heavy (non-hydrogen) atoms. The van der Waals surface area contributed by atoms with Gasteiger partial charge in [0.05, 0.1) is 1.37 Å². The summed E-state index contributed by atoms with van der Waals surface area (Å²) in [5.74, 6) is 0. The maximum absolute atomic E-state index is 8.38. The minimum Gasteiger partial charge on any atom is -0.201 e. The summed E-state index contributed by atoms with van der Waals surface area (Å²) < 4.78 is 10.5. The van der Waals surface area contributed by atoms with Crippen LogP contribution >= 0.6 is 0 Å². The molecule has 114 valence electrons. The molecule has 0 aliphatic heterocycles. The molecule has 3 aromatic rings. The third kappa shape index (κ3) is 1.96. The predicted molar refractivity (Wildman–Crippen MR) is 95.4 cm³/mol. The minimum absolute atomic E-state index is 0.120. The van der Waals surface area contributed by atoms with Crippen LogP contribution in [0, 0.1) is 6.92 Å². The number of fused-ring (bicyclic) bond motifs is 3. The van der Waals surface area contributed by atoms with E-state index in [0.29, 0.717) is 6.04 Å². The van der Waals surface area contributed by atoms with Gasteiger partial charge in [0.15, 0.2) is 6.20 Å². The van der Waals surface area contributed by atoms with Gasteiger partial charge < -0.3 is 0 Å². The smallest absolute Gasteiger partial charge is 0.201 e. The van der Waals surface area contributed by atoms with Gasteiger partial charge >= 0.3 is 0 Å². The van der Waals surface area contributed by atoms with Crippen LogP contribution in [0.3, 0.4) is 0 Å². The van der Waals surface area contributed by atoms with Crippen LogP contribution in [0.25, 0.3) is 22.4 Å². The Hall–Kier alpha value is -2.41. The van der Waals surface area contributed by atoms with Crippen molar-refractivity contribution in [3.63, 3.8) is 0 Å². The summed E-state index contributed by atoms with van der Waals surface area (Å²) in [5, 5.41) is 0. The Bertz CT molecular complexity index is 970. The van der Waals surface area contributed by atoms with Crippen LogP contribution in [-0.4, -0.2) is 0 Å². The summed E-state index contributed by atoms with van der Waals surface area (Å²) in [6.07, 6.45) is 2.09. The van der Waals surface area contributed by atoms with Crippen molar-refractivity contribution in [2.75, 3.05) is 0 Å². The van der Waals surface area contributed by atoms with Crippen LogP contribution in [0.2, 0.25) is 0 Å². The molecule has 0 amide bonds. The number of rotatable bonds is 1. The monoisotopic (exact) mass is 301 g/mol. The molecule has 1 nitrogen and oxygen atoms in total. The van der Waals surface area contributed by atoms with Crippen LogP contribution < -0.4 is 4.57 Å². The Labute approximate surface area is 139 Å². The van der Waals surface area contributed by atoms with E-state index in [1.54, 1.807) is 0 Å². The molecule has 0 radical (unpaired) electrons. The fraction of sp³-hybridized carbons (Fsp3) is 0.227. The first-order chi connectivity index (χ1) is 11.4. The van der Waals surface area contributed by atoms with Gasteiger partial charge in [0, 0.05) is 23.1 Å². The Morgan fingerprint density at radius 2 is 1.70 bits per heavy atom. The van der Waals surface area contributed by atoms with Crippen LogP contribution in [0.15, 0.2) is 60.8 Å². The maximum atomic E-state index is 8.38. The lowest BCUT2D eigenvalue weighted by Crippen LogP contribution is -2.30. The highest BCUT2D eigenvalue weighted by Gasteiger charge is 2.36. The highest BCUT2D eigenvalue weighted by Crippen LogP contribution is 2.49. The maximum Gasteiger partial charge on any atom is 0.212 e. The van der Waals surface area contributed by atoms with Crippen molar-refractivity contribution in [1.82, 2.24) is 0 Å².